The number of rotatable bonds is 2. The number of hydrogen-bond acceptors (Lipinski definition) is 0. The Morgan fingerprint density at radius 2 is 1.91 bits per heavy atom. The predicted molar refractivity (Wildman–Crippen MR) is 48.3 cm³/mol. The van der Waals surface area contributed by atoms with Gasteiger partial charge in [-0.1, -0.05) is 20.8 Å². The molecule has 0 spiro atoms. The first-order valence-electron chi connectivity index (χ1n) is 5.18. The maximum Gasteiger partial charge on any atom is -0.0352 e. The number of fused-ring (bicyclic) bond motifs is 1. The van der Waals surface area contributed by atoms with Gasteiger partial charge < -0.3 is 0 Å². The molecule has 0 aromatic carbocycles. The van der Waals surface area contributed by atoms with Crippen LogP contribution in [0.1, 0.15) is 40.0 Å². The molecule has 2 rings (SSSR count). The minimum atomic E-state index is 0.923. The van der Waals surface area contributed by atoms with Gasteiger partial charge >= 0.3 is 0 Å². The zero-order valence-electron chi connectivity index (χ0n) is 8.01. The first-order chi connectivity index (χ1) is 5.18. The molecule has 4 unspecified atom stereocenters. The van der Waals surface area contributed by atoms with Gasteiger partial charge in [0.25, 0.3) is 0 Å². The summed E-state index contributed by atoms with van der Waals surface area (Å²) in [6, 6.07) is 0. The third-order valence-corrected chi connectivity index (χ3v) is 3.68. The van der Waals surface area contributed by atoms with Crippen LogP contribution in [0.3, 0.4) is 0 Å². The summed E-state index contributed by atoms with van der Waals surface area (Å²) in [4.78, 5) is 0. The molecule has 0 heteroatoms. The van der Waals surface area contributed by atoms with E-state index in [-0.39, 0.29) is 0 Å². The van der Waals surface area contributed by atoms with Crippen molar-refractivity contribution in [1.82, 2.24) is 0 Å². The van der Waals surface area contributed by atoms with Crippen molar-refractivity contribution in [2.45, 2.75) is 40.0 Å². The molecule has 0 aromatic heterocycles. The summed E-state index contributed by atoms with van der Waals surface area (Å²) in [5.74, 6) is 5.40. The highest BCUT2D eigenvalue weighted by Gasteiger charge is 2.51. The van der Waals surface area contributed by atoms with Crippen LogP contribution in [0.4, 0.5) is 0 Å². The minimum absolute atomic E-state index is 0.923. The molecular formula is C11H20. The van der Waals surface area contributed by atoms with Crippen molar-refractivity contribution in [1.29, 1.82) is 0 Å². The van der Waals surface area contributed by atoms with Crippen LogP contribution in [-0.4, -0.2) is 0 Å². The van der Waals surface area contributed by atoms with Crippen LogP contribution >= 0.6 is 0 Å². The Kier molecular flexibility index (Phi) is 1.74. The summed E-state index contributed by atoms with van der Waals surface area (Å²) in [5.41, 5.74) is 0. The highest BCUT2D eigenvalue weighted by atomic mass is 14.6. The largest absolute Gasteiger partial charge is 0.0628 e. The van der Waals surface area contributed by atoms with Crippen molar-refractivity contribution < 1.29 is 0 Å². The van der Waals surface area contributed by atoms with Crippen LogP contribution in [0.15, 0.2) is 0 Å². The van der Waals surface area contributed by atoms with E-state index in [2.05, 4.69) is 20.8 Å². The zero-order valence-corrected chi connectivity index (χ0v) is 8.01. The molecule has 0 nitrogen and oxygen atoms in total. The summed E-state index contributed by atoms with van der Waals surface area (Å²) in [7, 11) is 0. The molecule has 0 N–H and O–H groups in total. The van der Waals surface area contributed by atoms with Gasteiger partial charge in [-0.3, -0.25) is 0 Å². The van der Waals surface area contributed by atoms with Crippen LogP contribution in [0.2, 0.25) is 0 Å². The lowest BCUT2D eigenvalue weighted by Crippen LogP contribution is -2.04. The quantitative estimate of drug-likeness (QED) is 0.569. The molecule has 0 heterocycles. The molecule has 2 aliphatic rings. The summed E-state index contributed by atoms with van der Waals surface area (Å²) in [5, 5.41) is 0. The molecule has 0 aliphatic heterocycles. The van der Waals surface area contributed by atoms with E-state index in [4.69, 9.17) is 0 Å². The second-order valence-electron chi connectivity index (χ2n) is 5.17. The highest BCUT2D eigenvalue weighted by Crippen LogP contribution is 2.59. The molecule has 2 saturated carbocycles. The van der Waals surface area contributed by atoms with Crippen molar-refractivity contribution in [2.24, 2.45) is 29.6 Å². The SMILES string of the molecule is CC(C)CC1CC(C)C2CC12. The molecule has 11 heavy (non-hydrogen) atoms. The van der Waals surface area contributed by atoms with Gasteiger partial charge in [0, 0.05) is 0 Å². The van der Waals surface area contributed by atoms with Gasteiger partial charge in [-0.05, 0) is 48.9 Å². The smallest absolute Gasteiger partial charge is 0.0352 e. The Balaban J connectivity index is 1.87. The van der Waals surface area contributed by atoms with Gasteiger partial charge in [-0.25, -0.2) is 0 Å². The molecule has 2 fully saturated rings. The Hall–Kier alpha value is 0. The van der Waals surface area contributed by atoms with E-state index >= 15 is 0 Å². The summed E-state index contributed by atoms with van der Waals surface area (Å²) in [6.07, 6.45) is 4.59. The van der Waals surface area contributed by atoms with E-state index < -0.39 is 0 Å². The second kappa shape index (κ2) is 2.50. The highest BCUT2D eigenvalue weighted by molar-refractivity contribution is 5.00. The van der Waals surface area contributed by atoms with E-state index in [1.54, 1.807) is 6.42 Å². The van der Waals surface area contributed by atoms with Crippen molar-refractivity contribution in [3.8, 4) is 0 Å². The molecular weight excluding hydrogens is 132 g/mol. The molecule has 0 bridgehead atoms. The molecule has 0 aromatic rings. The summed E-state index contributed by atoms with van der Waals surface area (Å²) < 4.78 is 0. The van der Waals surface area contributed by atoms with Crippen molar-refractivity contribution >= 4 is 0 Å². The zero-order chi connectivity index (χ0) is 8.01. The fourth-order valence-corrected chi connectivity index (χ4v) is 3.14. The molecule has 4 atom stereocenters. The average molecular weight is 152 g/mol. The number of hydrogen-bond donors (Lipinski definition) is 0. The van der Waals surface area contributed by atoms with Crippen molar-refractivity contribution in [3.05, 3.63) is 0 Å². The lowest BCUT2D eigenvalue weighted by Gasteiger charge is -2.15. The molecule has 2 aliphatic carbocycles. The van der Waals surface area contributed by atoms with Gasteiger partial charge in [0.1, 0.15) is 0 Å². The average Bonchev–Trinajstić information content (AvgIpc) is 2.57. The standard InChI is InChI=1S/C11H20/c1-7(2)4-9-5-8(3)10-6-11(9)10/h7-11H,4-6H2,1-3H3. The predicted octanol–water partition coefficient (Wildman–Crippen LogP) is 3.32. The molecule has 64 valence electrons. The van der Waals surface area contributed by atoms with Crippen LogP contribution in [0.5, 0.6) is 0 Å². The third kappa shape index (κ3) is 1.32. The maximum absolute atomic E-state index is 2.45. The van der Waals surface area contributed by atoms with Gasteiger partial charge in [0.15, 0.2) is 0 Å². The fourth-order valence-electron chi connectivity index (χ4n) is 3.14. The van der Waals surface area contributed by atoms with Crippen LogP contribution in [0, 0.1) is 29.6 Å². The van der Waals surface area contributed by atoms with Gasteiger partial charge in [-0.15, -0.1) is 0 Å². The Bertz CT molecular complexity index is 148. The molecule has 0 radical (unpaired) electrons. The molecule has 0 saturated heterocycles. The van der Waals surface area contributed by atoms with Gasteiger partial charge in [0.2, 0.25) is 0 Å². The summed E-state index contributed by atoms with van der Waals surface area (Å²) >= 11 is 0. The van der Waals surface area contributed by atoms with E-state index in [1.165, 1.54) is 12.8 Å². The van der Waals surface area contributed by atoms with E-state index in [1.807, 2.05) is 0 Å². The van der Waals surface area contributed by atoms with E-state index in [0.29, 0.717) is 0 Å². The Morgan fingerprint density at radius 3 is 2.27 bits per heavy atom. The lowest BCUT2D eigenvalue weighted by atomic mass is 9.91. The van der Waals surface area contributed by atoms with Gasteiger partial charge in [0.05, 0.1) is 0 Å². The van der Waals surface area contributed by atoms with Crippen LogP contribution in [-0.2, 0) is 0 Å². The first kappa shape index (κ1) is 7.64. The summed E-state index contributed by atoms with van der Waals surface area (Å²) in [6.45, 7) is 7.17. The lowest BCUT2D eigenvalue weighted by molar-refractivity contribution is 0.359. The Morgan fingerprint density at radius 1 is 1.18 bits per heavy atom. The van der Waals surface area contributed by atoms with Crippen LogP contribution < -0.4 is 0 Å². The second-order valence-corrected chi connectivity index (χ2v) is 5.17. The van der Waals surface area contributed by atoms with Crippen LogP contribution in [0.25, 0.3) is 0 Å². The third-order valence-electron chi connectivity index (χ3n) is 3.68. The van der Waals surface area contributed by atoms with E-state index in [9.17, 15) is 0 Å². The minimum Gasteiger partial charge on any atom is -0.0628 e. The van der Waals surface area contributed by atoms with Crippen molar-refractivity contribution in [2.75, 3.05) is 0 Å². The van der Waals surface area contributed by atoms with Crippen molar-refractivity contribution in [3.63, 3.8) is 0 Å². The topological polar surface area (TPSA) is 0 Å². The van der Waals surface area contributed by atoms with Gasteiger partial charge in [-0.2, -0.15) is 0 Å². The Labute approximate surface area is 70.4 Å². The molecule has 0 amide bonds. The van der Waals surface area contributed by atoms with E-state index in [0.717, 1.165) is 29.6 Å². The maximum atomic E-state index is 2.45. The monoisotopic (exact) mass is 152 g/mol. The first-order valence-corrected chi connectivity index (χ1v) is 5.18. The fraction of sp³-hybridized carbons (Fsp3) is 1.00. The normalized spacial score (nSPS) is 48.0.